The highest BCUT2D eigenvalue weighted by molar-refractivity contribution is 7.46. The zero-order chi connectivity index (χ0) is 17.5. The number of aliphatic hydroxyl groups is 1. The maximum absolute atomic E-state index is 10.8. The average molecular weight is 358 g/mol. The van der Waals surface area contributed by atoms with Crippen LogP contribution in [-0.2, 0) is 13.8 Å². The molecule has 2 aromatic rings. The van der Waals surface area contributed by atoms with E-state index < -0.39 is 37.8 Å². The molecule has 10 nitrogen and oxygen atoms in total. The van der Waals surface area contributed by atoms with Gasteiger partial charge in [0.05, 0.1) is 23.2 Å². The number of hydrogen-bond donors (Lipinski definition) is 3. The van der Waals surface area contributed by atoms with Crippen LogP contribution in [0.3, 0.4) is 0 Å². The highest BCUT2D eigenvalue weighted by Gasteiger charge is 2.36. The van der Waals surface area contributed by atoms with Crippen molar-refractivity contribution in [2.75, 3.05) is 6.61 Å². The van der Waals surface area contributed by atoms with Crippen LogP contribution in [0.25, 0.3) is 10.9 Å². The molecule has 0 radical (unpaired) electrons. The van der Waals surface area contributed by atoms with E-state index in [0.717, 1.165) is 0 Å². The summed E-state index contributed by atoms with van der Waals surface area (Å²) in [6.45, 7) is -0.438. The largest absolute Gasteiger partial charge is 0.469 e. The molecule has 24 heavy (non-hydrogen) atoms. The van der Waals surface area contributed by atoms with Crippen molar-refractivity contribution in [3.8, 4) is 0 Å². The summed E-state index contributed by atoms with van der Waals surface area (Å²) in [5.41, 5.74) is 0.662. The van der Waals surface area contributed by atoms with Gasteiger partial charge in [-0.3, -0.25) is 14.6 Å². The van der Waals surface area contributed by atoms with E-state index in [1.54, 1.807) is 22.9 Å². The quantitative estimate of drug-likeness (QED) is 0.412. The van der Waals surface area contributed by atoms with Gasteiger partial charge in [-0.05, 0) is 12.1 Å². The van der Waals surface area contributed by atoms with Crippen molar-refractivity contribution in [3.05, 3.63) is 40.6 Å². The predicted octanol–water partition coefficient (Wildman–Crippen LogP) is 1.31. The highest BCUT2D eigenvalue weighted by atomic mass is 31.2. The standard InChI is InChI=1S/C13H15N2O8P/c16-11-6-13(23-12(11)7-22-24(19,20)21)14-4-3-8-5-9(15(17)18)1-2-10(8)14/h1-5,11-13,16H,6-7H2,(H2,19,20,21)/t11-,12+,13-/m0/s1. The molecule has 3 N–H and O–H groups in total. The molecular formula is C13H15N2O8P. The van der Waals surface area contributed by atoms with Gasteiger partial charge >= 0.3 is 7.82 Å². The Bertz CT molecular complexity index is 815. The molecule has 11 heteroatoms. The average Bonchev–Trinajstić information content (AvgIpc) is 3.06. The second-order valence-electron chi connectivity index (χ2n) is 5.44. The molecule has 3 atom stereocenters. The van der Waals surface area contributed by atoms with Crippen molar-refractivity contribution < 1.29 is 33.6 Å². The molecule has 0 unspecified atom stereocenters. The summed E-state index contributed by atoms with van der Waals surface area (Å²) in [5, 5.41) is 21.4. The summed E-state index contributed by atoms with van der Waals surface area (Å²) in [4.78, 5) is 27.8. The molecule has 1 aliphatic rings. The van der Waals surface area contributed by atoms with Crippen molar-refractivity contribution in [1.29, 1.82) is 0 Å². The summed E-state index contributed by atoms with van der Waals surface area (Å²) in [7, 11) is -4.64. The van der Waals surface area contributed by atoms with Crippen molar-refractivity contribution in [2.24, 2.45) is 0 Å². The van der Waals surface area contributed by atoms with Gasteiger partial charge in [-0.25, -0.2) is 4.57 Å². The van der Waals surface area contributed by atoms with Crippen LogP contribution in [0.15, 0.2) is 30.5 Å². The molecule has 3 rings (SSSR count). The predicted molar refractivity (Wildman–Crippen MR) is 81.1 cm³/mol. The minimum atomic E-state index is -4.64. The molecule has 0 saturated carbocycles. The van der Waals surface area contributed by atoms with Crippen molar-refractivity contribution >= 4 is 24.4 Å². The van der Waals surface area contributed by atoms with Gasteiger partial charge in [-0.1, -0.05) is 0 Å². The molecule has 1 fully saturated rings. The lowest BCUT2D eigenvalue weighted by Crippen LogP contribution is -2.25. The van der Waals surface area contributed by atoms with E-state index >= 15 is 0 Å². The highest BCUT2D eigenvalue weighted by Crippen LogP contribution is 2.39. The Kier molecular flexibility index (Phi) is 4.43. The van der Waals surface area contributed by atoms with Gasteiger partial charge in [0, 0.05) is 30.1 Å². The summed E-state index contributed by atoms with van der Waals surface area (Å²) in [6, 6.07) is 6.09. The van der Waals surface area contributed by atoms with Gasteiger partial charge < -0.3 is 24.2 Å². The molecule has 1 saturated heterocycles. The van der Waals surface area contributed by atoms with Crippen LogP contribution in [0.2, 0.25) is 0 Å². The second-order valence-corrected chi connectivity index (χ2v) is 6.68. The van der Waals surface area contributed by atoms with Gasteiger partial charge in [-0.2, -0.15) is 0 Å². The number of phosphoric acid groups is 1. The summed E-state index contributed by atoms with van der Waals surface area (Å²) >= 11 is 0. The lowest BCUT2D eigenvalue weighted by atomic mass is 10.2. The first kappa shape index (κ1) is 17.0. The van der Waals surface area contributed by atoms with E-state index in [1.165, 1.54) is 12.1 Å². The van der Waals surface area contributed by atoms with Gasteiger partial charge in [0.1, 0.15) is 12.3 Å². The van der Waals surface area contributed by atoms with Crippen LogP contribution in [0.4, 0.5) is 5.69 Å². The lowest BCUT2D eigenvalue weighted by Gasteiger charge is -2.16. The molecule has 1 aromatic heterocycles. The molecule has 0 spiro atoms. The fourth-order valence-electron chi connectivity index (χ4n) is 2.72. The summed E-state index contributed by atoms with van der Waals surface area (Å²) in [6.07, 6.45) is -0.506. The zero-order valence-electron chi connectivity index (χ0n) is 12.3. The third-order valence-electron chi connectivity index (χ3n) is 3.84. The van der Waals surface area contributed by atoms with Crippen LogP contribution < -0.4 is 0 Å². The van der Waals surface area contributed by atoms with Crippen LogP contribution in [0.5, 0.6) is 0 Å². The number of hydrogen-bond acceptors (Lipinski definition) is 6. The van der Waals surface area contributed by atoms with Gasteiger partial charge in [0.2, 0.25) is 0 Å². The number of aliphatic hydroxyl groups excluding tert-OH is 1. The van der Waals surface area contributed by atoms with E-state index in [9.17, 15) is 19.8 Å². The number of phosphoric ester groups is 1. The van der Waals surface area contributed by atoms with Gasteiger partial charge in [0.25, 0.3) is 5.69 Å². The summed E-state index contributed by atoms with van der Waals surface area (Å²) in [5.74, 6) is 0. The Morgan fingerprint density at radius 3 is 2.83 bits per heavy atom. The Morgan fingerprint density at radius 1 is 1.42 bits per heavy atom. The van der Waals surface area contributed by atoms with Crippen molar-refractivity contribution in [1.82, 2.24) is 4.57 Å². The Morgan fingerprint density at radius 2 is 2.17 bits per heavy atom. The number of aromatic nitrogens is 1. The molecule has 2 heterocycles. The van der Waals surface area contributed by atoms with E-state index in [1.807, 2.05) is 0 Å². The third-order valence-corrected chi connectivity index (χ3v) is 4.32. The second kappa shape index (κ2) is 6.25. The molecule has 0 bridgehead atoms. The Balaban J connectivity index is 1.79. The topological polar surface area (TPSA) is 144 Å². The van der Waals surface area contributed by atoms with E-state index in [0.29, 0.717) is 10.9 Å². The Labute approximate surface area is 135 Å². The normalized spacial score (nSPS) is 24.5. The lowest BCUT2D eigenvalue weighted by molar-refractivity contribution is -0.384. The number of fused-ring (bicyclic) bond motifs is 1. The Hall–Kier alpha value is -1.81. The number of ether oxygens (including phenoxy) is 1. The zero-order valence-corrected chi connectivity index (χ0v) is 13.2. The van der Waals surface area contributed by atoms with E-state index in [4.69, 9.17) is 14.5 Å². The van der Waals surface area contributed by atoms with Crippen LogP contribution in [0.1, 0.15) is 12.6 Å². The van der Waals surface area contributed by atoms with Crippen LogP contribution >= 0.6 is 7.82 Å². The first-order valence-corrected chi connectivity index (χ1v) is 8.56. The molecule has 130 valence electrons. The first-order valence-electron chi connectivity index (χ1n) is 7.03. The van der Waals surface area contributed by atoms with Crippen molar-refractivity contribution in [2.45, 2.75) is 24.9 Å². The number of rotatable bonds is 5. The summed E-state index contributed by atoms with van der Waals surface area (Å²) < 4.78 is 22.4. The number of benzene rings is 1. The van der Waals surface area contributed by atoms with Crippen LogP contribution in [0, 0.1) is 10.1 Å². The number of nitrogens with zero attached hydrogens (tertiary/aromatic N) is 2. The SMILES string of the molecule is O=[N+]([O-])c1ccc2c(ccn2[C@@H]2C[C@H](O)[C@@H](COP(=O)(O)O)O2)c1. The number of non-ortho nitro benzene ring substituents is 1. The minimum absolute atomic E-state index is 0.0273. The smallest absolute Gasteiger partial charge is 0.390 e. The minimum Gasteiger partial charge on any atom is -0.390 e. The van der Waals surface area contributed by atoms with Gasteiger partial charge in [-0.15, -0.1) is 0 Å². The van der Waals surface area contributed by atoms with Crippen molar-refractivity contribution in [3.63, 3.8) is 0 Å². The van der Waals surface area contributed by atoms with Gasteiger partial charge in [0.15, 0.2) is 0 Å². The fourth-order valence-corrected chi connectivity index (χ4v) is 3.06. The van der Waals surface area contributed by atoms with Crippen LogP contribution in [-0.4, -0.2) is 43.2 Å². The third kappa shape index (κ3) is 3.48. The van der Waals surface area contributed by atoms with E-state index in [2.05, 4.69) is 4.52 Å². The van der Waals surface area contributed by atoms with E-state index in [-0.39, 0.29) is 12.1 Å². The maximum atomic E-state index is 10.8. The first-order chi connectivity index (χ1) is 11.2. The monoisotopic (exact) mass is 358 g/mol. The molecule has 0 amide bonds. The number of nitro benzene ring substituents is 1. The number of nitro groups is 1. The maximum Gasteiger partial charge on any atom is 0.469 e. The fraction of sp³-hybridized carbons (Fsp3) is 0.385. The molecule has 1 aliphatic heterocycles. The molecule has 0 aliphatic carbocycles. The molecule has 1 aromatic carbocycles. The molecular weight excluding hydrogens is 343 g/mol.